The molecule has 0 fully saturated rings. The van der Waals surface area contributed by atoms with E-state index in [2.05, 4.69) is 20.8 Å². The molecule has 256 valence electrons. The van der Waals surface area contributed by atoms with Gasteiger partial charge < -0.3 is 19.3 Å². The second kappa shape index (κ2) is 29.9. The molecule has 0 aromatic heterocycles. The van der Waals surface area contributed by atoms with Crippen molar-refractivity contribution in [1.82, 2.24) is 0 Å². The summed E-state index contributed by atoms with van der Waals surface area (Å²) in [5.74, 6) is 1.07. The number of carbonyl (C=O) groups excluding carboxylic acids is 1. The van der Waals surface area contributed by atoms with Gasteiger partial charge in [0.1, 0.15) is 0 Å². The average molecular weight is 619 g/mol. The lowest BCUT2D eigenvalue weighted by Crippen LogP contribution is -2.08. The smallest absolute Gasteiger partial charge is 0.338 e. The van der Waals surface area contributed by atoms with Crippen molar-refractivity contribution in [1.29, 1.82) is 0 Å². The van der Waals surface area contributed by atoms with E-state index in [4.69, 9.17) is 14.2 Å². The third kappa shape index (κ3) is 22.7. The Labute approximate surface area is 272 Å². The Balaban J connectivity index is 2.45. The van der Waals surface area contributed by atoms with Gasteiger partial charge in [-0.3, -0.25) is 0 Å². The number of carbonyl (C=O) groups is 1. The molecule has 5 heteroatoms. The summed E-state index contributed by atoms with van der Waals surface area (Å²) in [5.41, 5.74) is 0.527. The molecule has 0 heterocycles. The van der Waals surface area contributed by atoms with Crippen LogP contribution in [0.5, 0.6) is 11.5 Å². The van der Waals surface area contributed by atoms with Crippen LogP contribution in [0.25, 0.3) is 0 Å². The van der Waals surface area contributed by atoms with Gasteiger partial charge >= 0.3 is 5.97 Å². The highest BCUT2D eigenvalue weighted by Gasteiger charge is 2.13. The van der Waals surface area contributed by atoms with E-state index in [1.54, 1.807) is 12.1 Å². The monoisotopic (exact) mass is 619 g/mol. The van der Waals surface area contributed by atoms with Gasteiger partial charge in [0.05, 0.1) is 31.5 Å². The van der Waals surface area contributed by atoms with Crippen molar-refractivity contribution in [3.05, 3.63) is 23.8 Å². The van der Waals surface area contributed by atoms with Crippen LogP contribution in [0.3, 0.4) is 0 Å². The lowest BCUT2D eigenvalue weighted by Gasteiger charge is -2.14. The van der Waals surface area contributed by atoms with Crippen LogP contribution in [0.1, 0.15) is 192 Å². The highest BCUT2D eigenvalue weighted by molar-refractivity contribution is 5.90. The van der Waals surface area contributed by atoms with Gasteiger partial charge in [0.25, 0.3) is 0 Å². The maximum atomic E-state index is 12.7. The van der Waals surface area contributed by atoms with Crippen LogP contribution in [0.4, 0.5) is 0 Å². The molecule has 0 aliphatic carbocycles. The zero-order valence-corrected chi connectivity index (χ0v) is 29.2. The maximum Gasteiger partial charge on any atom is 0.338 e. The molecule has 1 rings (SSSR count). The molecule has 1 aromatic rings. The van der Waals surface area contributed by atoms with Gasteiger partial charge in [-0.1, -0.05) is 149 Å². The predicted octanol–water partition coefficient (Wildman–Crippen LogP) is 11.8. The number of unbranched alkanes of at least 4 members (excludes halogenated alkanes) is 19. The van der Waals surface area contributed by atoms with Gasteiger partial charge in [0.15, 0.2) is 11.5 Å². The Bertz CT molecular complexity index is 780. The summed E-state index contributed by atoms with van der Waals surface area (Å²) in [6.45, 7) is 8.39. The summed E-state index contributed by atoms with van der Waals surface area (Å²) in [4.78, 5) is 12.7. The molecular formula is C39H70O5. The van der Waals surface area contributed by atoms with Crippen LogP contribution in [-0.4, -0.2) is 37.0 Å². The van der Waals surface area contributed by atoms with Crippen LogP contribution < -0.4 is 9.47 Å². The standard InChI is InChI=1S/C39H70O5/c1-4-7-10-12-14-15-16-17-21-24-31-42-37-30-29-35(39(41)44-33-26-20-13-11-8-5-2)34-38(37)43-32-25-22-18-19-23-28-36(40)27-9-6-3/h29-30,34,36,40H,4-28,31-33H2,1-3H3. The van der Waals surface area contributed by atoms with Gasteiger partial charge in [-0.05, 0) is 50.3 Å². The van der Waals surface area contributed by atoms with Gasteiger partial charge in [-0.25, -0.2) is 4.79 Å². The molecule has 5 nitrogen and oxygen atoms in total. The lowest BCUT2D eigenvalue weighted by molar-refractivity contribution is 0.0497. The summed E-state index contributed by atoms with van der Waals surface area (Å²) in [6, 6.07) is 5.48. The minimum absolute atomic E-state index is 0.137. The number of ether oxygens (including phenoxy) is 3. The van der Waals surface area contributed by atoms with Gasteiger partial charge in [0.2, 0.25) is 0 Å². The quantitative estimate of drug-likeness (QED) is 0.0643. The largest absolute Gasteiger partial charge is 0.490 e. The van der Waals surface area contributed by atoms with E-state index in [0.29, 0.717) is 31.1 Å². The average Bonchev–Trinajstić information content (AvgIpc) is 3.03. The van der Waals surface area contributed by atoms with Crippen molar-refractivity contribution in [3.63, 3.8) is 0 Å². The first-order valence-electron chi connectivity index (χ1n) is 18.9. The number of aliphatic hydroxyl groups excluding tert-OH is 1. The Morgan fingerprint density at radius 3 is 1.52 bits per heavy atom. The number of hydrogen-bond donors (Lipinski definition) is 1. The number of aliphatic hydroxyl groups is 1. The van der Waals surface area contributed by atoms with E-state index in [-0.39, 0.29) is 12.1 Å². The van der Waals surface area contributed by atoms with Crippen LogP contribution in [0.2, 0.25) is 0 Å². The number of rotatable bonds is 32. The maximum absolute atomic E-state index is 12.7. The van der Waals surface area contributed by atoms with E-state index < -0.39 is 0 Å². The summed E-state index contributed by atoms with van der Waals surface area (Å²) < 4.78 is 17.9. The number of benzene rings is 1. The number of hydrogen-bond acceptors (Lipinski definition) is 5. The van der Waals surface area contributed by atoms with E-state index in [1.807, 2.05) is 6.07 Å². The molecule has 0 bridgehead atoms. The van der Waals surface area contributed by atoms with Crippen molar-refractivity contribution in [2.24, 2.45) is 0 Å². The van der Waals surface area contributed by atoms with Crippen molar-refractivity contribution >= 4 is 5.97 Å². The van der Waals surface area contributed by atoms with Gasteiger partial charge in [-0.2, -0.15) is 0 Å². The lowest BCUT2D eigenvalue weighted by atomic mass is 10.0. The van der Waals surface area contributed by atoms with E-state index in [1.165, 1.54) is 83.5 Å². The summed E-state index contributed by atoms with van der Waals surface area (Å²) >= 11 is 0. The van der Waals surface area contributed by atoms with Crippen LogP contribution >= 0.6 is 0 Å². The highest BCUT2D eigenvalue weighted by atomic mass is 16.5. The molecule has 1 unspecified atom stereocenters. The first-order valence-corrected chi connectivity index (χ1v) is 18.9. The number of esters is 1. The van der Waals surface area contributed by atoms with Crippen molar-refractivity contribution in [2.75, 3.05) is 19.8 Å². The topological polar surface area (TPSA) is 65.0 Å². The second-order valence-corrected chi connectivity index (χ2v) is 12.8. The fourth-order valence-electron chi connectivity index (χ4n) is 5.55. The molecule has 44 heavy (non-hydrogen) atoms. The Morgan fingerprint density at radius 1 is 0.545 bits per heavy atom. The fourth-order valence-corrected chi connectivity index (χ4v) is 5.55. The van der Waals surface area contributed by atoms with Crippen molar-refractivity contribution < 1.29 is 24.1 Å². The summed E-state index contributed by atoms with van der Waals surface area (Å²) in [6.07, 6.45) is 29.4. The van der Waals surface area contributed by atoms with Gasteiger partial charge in [0, 0.05) is 0 Å². The zero-order valence-electron chi connectivity index (χ0n) is 29.2. The normalized spacial score (nSPS) is 11.9. The minimum Gasteiger partial charge on any atom is -0.490 e. The third-order valence-electron chi connectivity index (χ3n) is 8.50. The molecule has 0 radical (unpaired) electrons. The van der Waals surface area contributed by atoms with E-state index in [0.717, 1.165) is 82.8 Å². The SMILES string of the molecule is CCCCCCCCCCCCOc1ccc(C(=O)OCCCCCCCC)cc1OCCCCCCCC(O)CCCC. The fraction of sp³-hybridized carbons (Fsp3) is 0.821. The van der Waals surface area contributed by atoms with E-state index >= 15 is 0 Å². The van der Waals surface area contributed by atoms with Crippen LogP contribution in [-0.2, 0) is 4.74 Å². The molecule has 0 aliphatic heterocycles. The molecule has 0 saturated heterocycles. The van der Waals surface area contributed by atoms with Gasteiger partial charge in [-0.15, -0.1) is 0 Å². The molecule has 1 aromatic carbocycles. The first kappa shape index (κ1) is 40.3. The van der Waals surface area contributed by atoms with Crippen LogP contribution in [0.15, 0.2) is 18.2 Å². The first-order chi connectivity index (χ1) is 21.6. The van der Waals surface area contributed by atoms with E-state index in [9.17, 15) is 9.90 Å². The zero-order chi connectivity index (χ0) is 31.9. The molecule has 0 aliphatic rings. The van der Waals surface area contributed by atoms with Crippen molar-refractivity contribution in [3.8, 4) is 11.5 Å². The summed E-state index contributed by atoms with van der Waals surface area (Å²) in [5, 5.41) is 10.0. The molecule has 0 saturated carbocycles. The molecule has 1 atom stereocenters. The van der Waals surface area contributed by atoms with Crippen molar-refractivity contribution in [2.45, 2.75) is 187 Å². The molecular weight excluding hydrogens is 548 g/mol. The predicted molar refractivity (Wildman–Crippen MR) is 186 cm³/mol. The molecule has 0 spiro atoms. The Morgan fingerprint density at radius 2 is 0.977 bits per heavy atom. The molecule has 1 N–H and O–H groups in total. The highest BCUT2D eigenvalue weighted by Crippen LogP contribution is 2.30. The third-order valence-corrected chi connectivity index (χ3v) is 8.50. The Kier molecular flexibility index (Phi) is 27.4. The minimum atomic E-state index is -0.286. The Hall–Kier alpha value is -1.75. The van der Waals surface area contributed by atoms with Crippen LogP contribution in [0, 0.1) is 0 Å². The second-order valence-electron chi connectivity index (χ2n) is 12.8. The summed E-state index contributed by atoms with van der Waals surface area (Å²) in [7, 11) is 0. The molecule has 0 amide bonds.